The van der Waals surface area contributed by atoms with Crippen LogP contribution < -0.4 is 15.0 Å². The molecule has 0 aromatic heterocycles. The minimum Gasteiger partial charge on any atom is -0.495 e. The van der Waals surface area contributed by atoms with Gasteiger partial charge in [0.15, 0.2) is 0 Å². The van der Waals surface area contributed by atoms with Crippen LogP contribution in [0.2, 0.25) is 5.02 Å². The van der Waals surface area contributed by atoms with Crippen LogP contribution in [0.1, 0.15) is 13.3 Å². The van der Waals surface area contributed by atoms with Crippen LogP contribution in [-0.2, 0) is 9.59 Å². The molecular weight excluding hydrogens is 268 g/mol. The minimum absolute atomic E-state index is 0.0129. The molecule has 5 nitrogen and oxygen atoms in total. The smallest absolute Gasteiger partial charge is 0.247 e. The normalized spacial score (nSPS) is 19.3. The molecule has 6 heteroatoms. The summed E-state index contributed by atoms with van der Waals surface area (Å²) in [6.45, 7) is 1.87. The molecule has 0 spiro atoms. The van der Waals surface area contributed by atoms with E-state index in [-0.39, 0.29) is 18.4 Å². The van der Waals surface area contributed by atoms with Gasteiger partial charge in [-0.25, -0.2) is 0 Å². The highest BCUT2D eigenvalue weighted by Crippen LogP contribution is 2.31. The summed E-state index contributed by atoms with van der Waals surface area (Å²) >= 11 is 6.06. The SMILES string of the molecule is CCC1C(=O)NCC(=O)N1c1ccc(OC)c(Cl)c1. The molecule has 1 N–H and O–H groups in total. The Balaban J connectivity index is 2.39. The Kier molecular flexibility index (Phi) is 3.95. The van der Waals surface area contributed by atoms with Crippen LogP contribution in [0.5, 0.6) is 5.75 Å². The summed E-state index contributed by atoms with van der Waals surface area (Å²) in [5.41, 5.74) is 0.609. The molecule has 2 rings (SSSR count). The highest BCUT2D eigenvalue weighted by Gasteiger charge is 2.34. The van der Waals surface area contributed by atoms with Crippen molar-refractivity contribution in [3.63, 3.8) is 0 Å². The molecule has 0 bridgehead atoms. The number of nitrogens with one attached hydrogen (secondary N) is 1. The summed E-state index contributed by atoms with van der Waals surface area (Å²) in [5, 5.41) is 2.99. The van der Waals surface area contributed by atoms with Gasteiger partial charge in [0.05, 0.1) is 18.7 Å². The van der Waals surface area contributed by atoms with Crippen molar-refractivity contribution < 1.29 is 14.3 Å². The van der Waals surface area contributed by atoms with Gasteiger partial charge in [-0.05, 0) is 24.6 Å². The summed E-state index contributed by atoms with van der Waals surface area (Å²) in [6.07, 6.45) is 0.543. The minimum atomic E-state index is -0.495. The Morgan fingerprint density at radius 2 is 2.21 bits per heavy atom. The van der Waals surface area contributed by atoms with E-state index in [4.69, 9.17) is 16.3 Å². The summed E-state index contributed by atoms with van der Waals surface area (Å²) in [5.74, 6) is 0.245. The molecule has 1 fully saturated rings. The number of anilines is 1. The maximum Gasteiger partial charge on any atom is 0.247 e. The lowest BCUT2D eigenvalue weighted by Crippen LogP contribution is -2.58. The number of benzene rings is 1. The fraction of sp³-hybridized carbons (Fsp3) is 0.385. The number of halogens is 1. The van der Waals surface area contributed by atoms with Gasteiger partial charge in [-0.15, -0.1) is 0 Å². The highest BCUT2D eigenvalue weighted by molar-refractivity contribution is 6.32. The molecular formula is C13H15ClN2O3. The largest absolute Gasteiger partial charge is 0.495 e. The van der Waals surface area contributed by atoms with Crippen molar-refractivity contribution >= 4 is 29.1 Å². The van der Waals surface area contributed by atoms with Crippen molar-refractivity contribution in [3.8, 4) is 5.75 Å². The van der Waals surface area contributed by atoms with Crippen molar-refractivity contribution in [2.45, 2.75) is 19.4 Å². The molecule has 2 amide bonds. The van der Waals surface area contributed by atoms with Crippen LogP contribution >= 0.6 is 11.6 Å². The molecule has 1 heterocycles. The zero-order valence-corrected chi connectivity index (χ0v) is 11.5. The number of carbonyl (C=O) groups is 2. The third kappa shape index (κ3) is 2.51. The Bertz CT molecular complexity index is 519. The fourth-order valence-electron chi connectivity index (χ4n) is 2.15. The third-order valence-corrected chi connectivity index (χ3v) is 3.39. The molecule has 1 aliphatic heterocycles. The van der Waals surface area contributed by atoms with Gasteiger partial charge >= 0.3 is 0 Å². The zero-order chi connectivity index (χ0) is 14.0. The number of hydrogen-bond donors (Lipinski definition) is 1. The average molecular weight is 283 g/mol. The van der Waals surface area contributed by atoms with Crippen LogP contribution in [0.15, 0.2) is 18.2 Å². The van der Waals surface area contributed by atoms with Crippen LogP contribution in [0.4, 0.5) is 5.69 Å². The van der Waals surface area contributed by atoms with Gasteiger partial charge in [0.1, 0.15) is 11.8 Å². The summed E-state index contributed by atoms with van der Waals surface area (Å²) in [7, 11) is 1.52. The molecule has 0 radical (unpaired) electrons. The lowest BCUT2D eigenvalue weighted by Gasteiger charge is -2.34. The maximum absolute atomic E-state index is 12.0. The lowest BCUT2D eigenvalue weighted by molar-refractivity contribution is -0.131. The van der Waals surface area contributed by atoms with Crippen LogP contribution in [0, 0.1) is 0 Å². The van der Waals surface area contributed by atoms with Crippen molar-refractivity contribution in [1.82, 2.24) is 5.32 Å². The van der Waals surface area contributed by atoms with E-state index in [1.165, 1.54) is 12.0 Å². The van der Waals surface area contributed by atoms with Crippen molar-refractivity contribution in [2.75, 3.05) is 18.6 Å². The second-order valence-corrected chi connectivity index (χ2v) is 4.63. The molecule has 0 aliphatic carbocycles. The number of piperazine rings is 1. The molecule has 19 heavy (non-hydrogen) atoms. The lowest BCUT2D eigenvalue weighted by atomic mass is 10.1. The van der Waals surface area contributed by atoms with E-state index in [1.807, 2.05) is 6.92 Å². The van der Waals surface area contributed by atoms with Gasteiger partial charge in [-0.3, -0.25) is 14.5 Å². The van der Waals surface area contributed by atoms with Gasteiger partial charge in [0.2, 0.25) is 11.8 Å². The van der Waals surface area contributed by atoms with E-state index in [2.05, 4.69) is 5.32 Å². The fourth-order valence-corrected chi connectivity index (χ4v) is 2.41. The number of amides is 2. The number of ether oxygens (including phenoxy) is 1. The summed E-state index contributed by atoms with van der Waals surface area (Å²) < 4.78 is 5.07. The second kappa shape index (κ2) is 5.48. The zero-order valence-electron chi connectivity index (χ0n) is 10.8. The van der Waals surface area contributed by atoms with Crippen LogP contribution in [-0.4, -0.2) is 31.5 Å². The quantitative estimate of drug-likeness (QED) is 0.916. The molecule has 102 valence electrons. The Morgan fingerprint density at radius 3 is 2.79 bits per heavy atom. The first-order chi connectivity index (χ1) is 9.08. The molecule has 1 aliphatic rings. The van der Waals surface area contributed by atoms with Crippen molar-refractivity contribution in [1.29, 1.82) is 0 Å². The van der Waals surface area contributed by atoms with Crippen molar-refractivity contribution in [3.05, 3.63) is 23.2 Å². The monoisotopic (exact) mass is 282 g/mol. The number of methoxy groups -OCH3 is 1. The van der Waals surface area contributed by atoms with E-state index in [9.17, 15) is 9.59 Å². The standard InChI is InChI=1S/C13H15ClN2O3/c1-3-10-13(18)15-7-12(17)16(10)8-4-5-11(19-2)9(14)6-8/h4-6,10H,3,7H2,1-2H3,(H,15,18). The predicted molar refractivity (Wildman–Crippen MR) is 72.6 cm³/mol. The first kappa shape index (κ1) is 13.7. The third-order valence-electron chi connectivity index (χ3n) is 3.10. The first-order valence-corrected chi connectivity index (χ1v) is 6.39. The van der Waals surface area contributed by atoms with Gasteiger partial charge in [0.25, 0.3) is 0 Å². The van der Waals surface area contributed by atoms with E-state index in [1.54, 1.807) is 18.2 Å². The van der Waals surface area contributed by atoms with Crippen LogP contribution in [0.3, 0.4) is 0 Å². The molecule has 1 aromatic carbocycles. The number of hydrogen-bond acceptors (Lipinski definition) is 3. The predicted octanol–water partition coefficient (Wildman–Crippen LogP) is 1.59. The van der Waals surface area contributed by atoms with E-state index >= 15 is 0 Å². The van der Waals surface area contributed by atoms with E-state index in [0.717, 1.165) is 0 Å². The molecule has 1 unspecified atom stereocenters. The molecule has 1 aromatic rings. The van der Waals surface area contributed by atoms with Gasteiger partial charge in [-0.2, -0.15) is 0 Å². The summed E-state index contributed by atoms with van der Waals surface area (Å²) in [4.78, 5) is 25.3. The Morgan fingerprint density at radius 1 is 1.47 bits per heavy atom. The average Bonchev–Trinajstić information content (AvgIpc) is 2.41. The van der Waals surface area contributed by atoms with Gasteiger partial charge in [-0.1, -0.05) is 18.5 Å². The van der Waals surface area contributed by atoms with Crippen molar-refractivity contribution in [2.24, 2.45) is 0 Å². The number of rotatable bonds is 3. The highest BCUT2D eigenvalue weighted by atomic mass is 35.5. The Labute approximate surface area is 116 Å². The van der Waals surface area contributed by atoms with Gasteiger partial charge < -0.3 is 10.1 Å². The molecule has 1 atom stereocenters. The maximum atomic E-state index is 12.0. The summed E-state index contributed by atoms with van der Waals surface area (Å²) in [6, 6.07) is 4.55. The van der Waals surface area contributed by atoms with E-state index in [0.29, 0.717) is 22.9 Å². The first-order valence-electron chi connectivity index (χ1n) is 6.01. The molecule has 1 saturated heterocycles. The topological polar surface area (TPSA) is 58.6 Å². The van der Waals surface area contributed by atoms with Gasteiger partial charge in [0, 0.05) is 5.69 Å². The van der Waals surface area contributed by atoms with Crippen LogP contribution in [0.25, 0.3) is 0 Å². The number of nitrogens with zero attached hydrogens (tertiary/aromatic N) is 1. The second-order valence-electron chi connectivity index (χ2n) is 4.22. The Hall–Kier alpha value is -1.75. The molecule has 0 saturated carbocycles. The van der Waals surface area contributed by atoms with E-state index < -0.39 is 6.04 Å². The number of carbonyl (C=O) groups excluding carboxylic acids is 2.